The van der Waals surface area contributed by atoms with Gasteiger partial charge in [-0.25, -0.2) is 0 Å². The molecule has 136 valence electrons. The van der Waals surface area contributed by atoms with Crippen molar-refractivity contribution in [1.82, 2.24) is 5.32 Å². The number of nitrogens with one attached hydrogen (secondary N) is 2. The van der Waals surface area contributed by atoms with Crippen molar-refractivity contribution < 1.29 is 9.59 Å². The summed E-state index contributed by atoms with van der Waals surface area (Å²) in [5.74, 6) is -0.187. The van der Waals surface area contributed by atoms with E-state index in [4.69, 9.17) is 5.73 Å². The van der Waals surface area contributed by atoms with Crippen LogP contribution >= 0.6 is 23.7 Å². The molecule has 1 aromatic carbocycles. The fourth-order valence-corrected chi connectivity index (χ4v) is 2.72. The van der Waals surface area contributed by atoms with Crippen molar-refractivity contribution in [1.29, 1.82) is 0 Å². The summed E-state index contributed by atoms with van der Waals surface area (Å²) in [6.07, 6.45) is 0. The maximum Gasteiger partial charge on any atom is 0.265 e. The molecular formula is C18H24ClN3O2S. The average Bonchev–Trinajstić information content (AvgIpc) is 3.09. The number of thiophene rings is 1. The Balaban J connectivity index is 0.00000312. The third-order valence-electron chi connectivity index (χ3n) is 4.22. The lowest BCUT2D eigenvalue weighted by molar-refractivity contribution is 0.0882. The normalized spacial score (nSPS) is 12.8. The van der Waals surface area contributed by atoms with E-state index in [1.54, 1.807) is 30.3 Å². The van der Waals surface area contributed by atoms with E-state index in [9.17, 15) is 9.59 Å². The Kier molecular flexibility index (Phi) is 7.60. The Hall–Kier alpha value is -1.89. The van der Waals surface area contributed by atoms with E-state index in [-0.39, 0.29) is 30.1 Å². The molecule has 2 amide bonds. The fraction of sp³-hybridized carbons (Fsp3) is 0.333. The van der Waals surface area contributed by atoms with Gasteiger partial charge in [-0.2, -0.15) is 0 Å². The van der Waals surface area contributed by atoms with Crippen molar-refractivity contribution in [2.24, 2.45) is 11.7 Å². The molecule has 1 unspecified atom stereocenters. The van der Waals surface area contributed by atoms with E-state index in [1.807, 2.05) is 32.2 Å². The van der Waals surface area contributed by atoms with Gasteiger partial charge in [0.15, 0.2) is 0 Å². The largest absolute Gasteiger partial charge is 0.345 e. The summed E-state index contributed by atoms with van der Waals surface area (Å²) in [6, 6.07) is 10.5. The molecule has 0 bridgehead atoms. The van der Waals surface area contributed by atoms with Gasteiger partial charge in [-0.05, 0) is 42.5 Å². The van der Waals surface area contributed by atoms with Crippen molar-refractivity contribution in [2.75, 3.05) is 11.9 Å². The van der Waals surface area contributed by atoms with Crippen LogP contribution in [0.5, 0.6) is 0 Å². The molecule has 0 aliphatic carbocycles. The monoisotopic (exact) mass is 381 g/mol. The minimum Gasteiger partial charge on any atom is -0.345 e. The fourth-order valence-electron chi connectivity index (χ4n) is 2.10. The number of anilines is 1. The molecule has 0 saturated heterocycles. The minimum absolute atomic E-state index is 0. The van der Waals surface area contributed by atoms with Crippen LogP contribution < -0.4 is 16.4 Å². The summed E-state index contributed by atoms with van der Waals surface area (Å²) >= 11 is 1.37. The molecule has 2 aromatic rings. The van der Waals surface area contributed by atoms with Crippen LogP contribution in [0.1, 0.15) is 40.8 Å². The van der Waals surface area contributed by atoms with Crippen molar-refractivity contribution in [3.63, 3.8) is 0 Å². The lowest BCUT2D eigenvalue weighted by Gasteiger charge is -2.33. The first-order valence-electron chi connectivity index (χ1n) is 7.83. The molecule has 25 heavy (non-hydrogen) atoms. The maximum atomic E-state index is 12.5. The van der Waals surface area contributed by atoms with E-state index in [2.05, 4.69) is 10.6 Å². The quantitative estimate of drug-likeness (QED) is 0.715. The molecule has 0 aliphatic rings. The first kappa shape index (κ1) is 21.2. The van der Waals surface area contributed by atoms with Crippen molar-refractivity contribution in [2.45, 2.75) is 26.3 Å². The number of hydrogen-bond acceptors (Lipinski definition) is 4. The Morgan fingerprint density at radius 1 is 1.20 bits per heavy atom. The second-order valence-corrected chi connectivity index (χ2v) is 7.19. The highest BCUT2D eigenvalue weighted by molar-refractivity contribution is 7.12. The second kappa shape index (κ2) is 8.99. The van der Waals surface area contributed by atoms with Crippen LogP contribution in [0.25, 0.3) is 0 Å². The number of carbonyl (C=O) groups excluding carboxylic acids is 2. The van der Waals surface area contributed by atoms with Gasteiger partial charge in [0, 0.05) is 17.8 Å². The SMILES string of the molecule is CC(C)C(C)(CN)NC(=O)c1cccc(NC(=O)c2cccs2)c1.Cl. The van der Waals surface area contributed by atoms with Gasteiger partial charge in [0.05, 0.1) is 10.4 Å². The first-order chi connectivity index (χ1) is 11.4. The number of halogens is 1. The van der Waals surface area contributed by atoms with Crippen molar-refractivity contribution >= 4 is 41.2 Å². The van der Waals surface area contributed by atoms with Gasteiger partial charge in [0.25, 0.3) is 11.8 Å². The summed E-state index contributed by atoms with van der Waals surface area (Å²) in [7, 11) is 0. The van der Waals surface area contributed by atoms with Gasteiger partial charge < -0.3 is 16.4 Å². The van der Waals surface area contributed by atoms with Crippen LogP contribution in [0, 0.1) is 5.92 Å². The molecular weight excluding hydrogens is 358 g/mol. The number of rotatable bonds is 6. The predicted molar refractivity (Wildman–Crippen MR) is 106 cm³/mol. The van der Waals surface area contributed by atoms with Crippen LogP contribution in [0.4, 0.5) is 5.69 Å². The van der Waals surface area contributed by atoms with E-state index >= 15 is 0 Å². The van der Waals surface area contributed by atoms with Gasteiger partial charge in [0.2, 0.25) is 0 Å². The van der Waals surface area contributed by atoms with Crippen molar-refractivity contribution in [3.05, 3.63) is 52.2 Å². The van der Waals surface area contributed by atoms with E-state index in [1.165, 1.54) is 11.3 Å². The van der Waals surface area contributed by atoms with Gasteiger partial charge in [-0.1, -0.05) is 26.0 Å². The third-order valence-corrected chi connectivity index (χ3v) is 5.09. The van der Waals surface area contributed by atoms with E-state index in [0.29, 0.717) is 22.7 Å². The Morgan fingerprint density at radius 2 is 1.92 bits per heavy atom. The Labute approximate surface area is 158 Å². The minimum atomic E-state index is -0.479. The number of amides is 2. The molecule has 0 aliphatic heterocycles. The van der Waals surface area contributed by atoms with Crippen LogP contribution in [0.3, 0.4) is 0 Å². The number of benzene rings is 1. The van der Waals surface area contributed by atoms with Gasteiger partial charge >= 0.3 is 0 Å². The molecule has 0 radical (unpaired) electrons. The number of carbonyl (C=O) groups is 2. The molecule has 7 heteroatoms. The summed E-state index contributed by atoms with van der Waals surface area (Å²) in [5, 5.41) is 7.64. The molecule has 0 spiro atoms. The number of nitrogens with two attached hydrogens (primary N) is 1. The van der Waals surface area contributed by atoms with Crippen molar-refractivity contribution in [3.8, 4) is 0 Å². The highest BCUT2D eigenvalue weighted by Crippen LogP contribution is 2.18. The molecule has 1 atom stereocenters. The smallest absolute Gasteiger partial charge is 0.265 e. The molecule has 1 aromatic heterocycles. The predicted octanol–water partition coefficient (Wildman–Crippen LogP) is 3.53. The van der Waals surface area contributed by atoms with E-state index in [0.717, 1.165) is 0 Å². The molecule has 1 heterocycles. The van der Waals surface area contributed by atoms with Gasteiger partial charge in [-0.3, -0.25) is 9.59 Å². The highest BCUT2D eigenvalue weighted by Gasteiger charge is 2.28. The lowest BCUT2D eigenvalue weighted by Crippen LogP contribution is -2.55. The summed E-state index contributed by atoms with van der Waals surface area (Å²) in [5.41, 5.74) is 6.40. The van der Waals surface area contributed by atoms with Gasteiger partial charge in [0.1, 0.15) is 0 Å². The number of hydrogen-bond donors (Lipinski definition) is 3. The molecule has 2 rings (SSSR count). The van der Waals surface area contributed by atoms with Gasteiger partial charge in [-0.15, -0.1) is 23.7 Å². The maximum absolute atomic E-state index is 12.5. The molecule has 0 saturated carbocycles. The van der Waals surface area contributed by atoms with E-state index < -0.39 is 5.54 Å². The first-order valence-corrected chi connectivity index (χ1v) is 8.71. The zero-order valence-corrected chi connectivity index (χ0v) is 16.2. The summed E-state index contributed by atoms with van der Waals surface area (Å²) < 4.78 is 0. The second-order valence-electron chi connectivity index (χ2n) is 6.24. The highest BCUT2D eigenvalue weighted by atomic mass is 35.5. The Morgan fingerprint density at radius 3 is 2.48 bits per heavy atom. The third kappa shape index (κ3) is 5.29. The average molecular weight is 382 g/mol. The topological polar surface area (TPSA) is 84.2 Å². The zero-order valence-electron chi connectivity index (χ0n) is 14.5. The van der Waals surface area contributed by atoms with Crippen LogP contribution in [-0.4, -0.2) is 23.9 Å². The summed E-state index contributed by atoms with van der Waals surface area (Å²) in [4.78, 5) is 25.2. The Bertz CT molecular complexity index is 719. The summed E-state index contributed by atoms with van der Waals surface area (Å²) in [6.45, 7) is 6.32. The van der Waals surface area contributed by atoms with Crippen LogP contribution in [0.15, 0.2) is 41.8 Å². The standard InChI is InChI=1S/C18H23N3O2S.ClH/c1-12(2)18(3,11-19)21-16(22)13-6-4-7-14(10-13)20-17(23)15-8-5-9-24-15;/h4-10,12H,11,19H2,1-3H3,(H,20,23)(H,21,22);1H. The lowest BCUT2D eigenvalue weighted by atomic mass is 9.88. The molecule has 0 fully saturated rings. The molecule has 4 N–H and O–H groups in total. The zero-order chi connectivity index (χ0) is 17.7. The molecule has 5 nitrogen and oxygen atoms in total. The van der Waals surface area contributed by atoms with Crippen LogP contribution in [0.2, 0.25) is 0 Å². The van der Waals surface area contributed by atoms with Crippen LogP contribution in [-0.2, 0) is 0 Å².